The normalized spacial score (nSPS) is 16.8. The third kappa shape index (κ3) is 6.92. The Morgan fingerprint density at radius 1 is 1.21 bits per heavy atom. The average Bonchev–Trinajstić information content (AvgIpc) is 3.16. The Bertz CT molecular complexity index is 616. The summed E-state index contributed by atoms with van der Waals surface area (Å²) in [5.41, 5.74) is 0.554. The molecular formula is C21H35IN4O2. The first-order valence-electron chi connectivity index (χ1n) is 9.95. The molecule has 6 nitrogen and oxygen atoms in total. The van der Waals surface area contributed by atoms with Crippen molar-refractivity contribution in [3.8, 4) is 0 Å². The summed E-state index contributed by atoms with van der Waals surface area (Å²) in [4.78, 5) is 19.1. The highest BCUT2D eigenvalue weighted by Crippen LogP contribution is 2.39. The first-order valence-corrected chi connectivity index (χ1v) is 9.95. The second-order valence-electron chi connectivity index (χ2n) is 7.52. The molecule has 7 heteroatoms. The van der Waals surface area contributed by atoms with Gasteiger partial charge in [0.05, 0.1) is 18.1 Å². The maximum atomic E-state index is 12.7. The Hall–Kier alpha value is -1.35. The Kier molecular flexibility index (Phi) is 10.8. The summed E-state index contributed by atoms with van der Waals surface area (Å²) >= 11 is 0. The third-order valence-electron chi connectivity index (χ3n) is 5.20. The molecule has 3 N–H and O–H groups in total. The van der Waals surface area contributed by atoms with Gasteiger partial charge < -0.3 is 20.6 Å². The second kappa shape index (κ2) is 12.3. The van der Waals surface area contributed by atoms with Gasteiger partial charge in [-0.2, -0.15) is 0 Å². The topological polar surface area (TPSA) is 77.0 Å². The van der Waals surface area contributed by atoms with Crippen molar-refractivity contribution in [1.82, 2.24) is 15.5 Å². The molecule has 0 spiro atoms. The first kappa shape index (κ1) is 24.7. The highest BCUT2D eigenvalue weighted by Gasteiger charge is 2.42. The number of halogens is 1. The third-order valence-corrected chi connectivity index (χ3v) is 5.20. The van der Waals surface area contributed by atoms with Crippen LogP contribution < -0.4 is 10.6 Å². The van der Waals surface area contributed by atoms with Crippen LogP contribution in [0.4, 0.5) is 0 Å². The van der Waals surface area contributed by atoms with Crippen LogP contribution in [-0.2, 0) is 4.79 Å². The maximum Gasteiger partial charge on any atom is 0.230 e. The Balaban J connectivity index is 0.00000392. The molecule has 158 valence electrons. The minimum atomic E-state index is -0.502. The Morgan fingerprint density at radius 2 is 1.86 bits per heavy atom. The number of carbonyl (C=O) groups excluding carboxylic acids is 1. The minimum Gasteiger partial charge on any atom is -0.388 e. The molecule has 0 aromatic heterocycles. The van der Waals surface area contributed by atoms with E-state index < -0.39 is 6.10 Å². The van der Waals surface area contributed by atoms with Gasteiger partial charge in [0, 0.05) is 27.2 Å². The van der Waals surface area contributed by atoms with E-state index in [-0.39, 0.29) is 35.3 Å². The Labute approximate surface area is 186 Å². The van der Waals surface area contributed by atoms with Crippen LogP contribution in [0.3, 0.4) is 0 Å². The van der Waals surface area contributed by atoms with E-state index in [2.05, 4.69) is 10.6 Å². The Morgan fingerprint density at radius 3 is 2.43 bits per heavy atom. The van der Waals surface area contributed by atoms with Crippen LogP contribution in [0.25, 0.3) is 0 Å². The molecule has 1 aromatic carbocycles. The molecule has 0 aliphatic heterocycles. The lowest BCUT2D eigenvalue weighted by molar-refractivity contribution is -0.138. The molecule has 1 aliphatic rings. The van der Waals surface area contributed by atoms with Gasteiger partial charge in [-0.25, -0.2) is 0 Å². The summed E-state index contributed by atoms with van der Waals surface area (Å²) in [7, 11) is 3.64. The zero-order valence-electron chi connectivity index (χ0n) is 17.3. The molecule has 1 aliphatic carbocycles. The van der Waals surface area contributed by atoms with E-state index in [1.54, 1.807) is 4.90 Å². The predicted molar refractivity (Wildman–Crippen MR) is 125 cm³/mol. The molecule has 1 aromatic rings. The summed E-state index contributed by atoms with van der Waals surface area (Å²) in [5.74, 6) is 0.884. The van der Waals surface area contributed by atoms with Crippen molar-refractivity contribution in [2.24, 2.45) is 10.4 Å². The molecule has 0 bridgehead atoms. The number of benzene rings is 1. The van der Waals surface area contributed by atoms with Gasteiger partial charge in [0.15, 0.2) is 5.96 Å². The van der Waals surface area contributed by atoms with E-state index in [1.165, 1.54) is 0 Å². The number of amides is 1. The summed E-state index contributed by atoms with van der Waals surface area (Å²) in [6.07, 6.45) is 4.07. The van der Waals surface area contributed by atoms with Crippen LogP contribution in [0, 0.1) is 5.41 Å². The fraction of sp³-hybridized carbons (Fsp3) is 0.619. The summed E-state index contributed by atoms with van der Waals surface area (Å²) < 4.78 is 0. The number of carbonyl (C=O) groups is 1. The molecule has 28 heavy (non-hydrogen) atoms. The van der Waals surface area contributed by atoms with E-state index >= 15 is 0 Å². The zero-order valence-corrected chi connectivity index (χ0v) is 19.6. The number of rotatable bonds is 8. The standard InChI is InChI=1S/C21H34N4O2.HI/c1-4-22-20(23-15-12-18(26)17-10-6-5-7-11-17)24-16-21(13-8-9-14-21)19(27)25(2)3;/h5-7,10-11,18,26H,4,8-9,12-16H2,1-3H3,(H2,22,23,24);1H. The highest BCUT2D eigenvalue weighted by atomic mass is 127. The summed E-state index contributed by atoms with van der Waals surface area (Å²) in [5, 5.41) is 16.8. The number of guanidine groups is 1. The number of nitrogens with one attached hydrogen (secondary N) is 2. The van der Waals surface area contributed by atoms with Crippen LogP contribution >= 0.6 is 24.0 Å². The number of aliphatic hydroxyl groups excluding tert-OH is 1. The zero-order chi connectivity index (χ0) is 19.7. The van der Waals surface area contributed by atoms with Gasteiger partial charge in [-0.3, -0.25) is 9.79 Å². The van der Waals surface area contributed by atoms with Crippen LogP contribution in [0.2, 0.25) is 0 Å². The van der Waals surface area contributed by atoms with Gasteiger partial charge in [-0.1, -0.05) is 43.2 Å². The van der Waals surface area contributed by atoms with Crippen LogP contribution in [-0.4, -0.2) is 55.6 Å². The highest BCUT2D eigenvalue weighted by molar-refractivity contribution is 14.0. The SMILES string of the molecule is CCNC(=NCC1(C(=O)N(C)C)CCCC1)NCCC(O)c1ccccc1.I. The predicted octanol–water partition coefficient (Wildman–Crippen LogP) is 2.93. The van der Waals surface area contributed by atoms with Crippen molar-refractivity contribution in [1.29, 1.82) is 0 Å². The van der Waals surface area contributed by atoms with Gasteiger partial charge in [-0.15, -0.1) is 24.0 Å². The lowest BCUT2D eigenvalue weighted by Gasteiger charge is -2.29. The minimum absolute atomic E-state index is 0. The lowest BCUT2D eigenvalue weighted by atomic mass is 9.85. The molecule has 1 amide bonds. The molecule has 0 saturated heterocycles. The number of hydrogen-bond donors (Lipinski definition) is 3. The summed E-state index contributed by atoms with van der Waals surface area (Å²) in [6.45, 7) is 3.88. The largest absolute Gasteiger partial charge is 0.388 e. The van der Waals surface area contributed by atoms with Crippen LogP contribution in [0.15, 0.2) is 35.3 Å². The molecule has 1 saturated carbocycles. The number of nitrogens with zero attached hydrogens (tertiary/aromatic N) is 2. The van der Waals surface area contributed by atoms with Gasteiger partial charge in [-0.05, 0) is 31.7 Å². The number of aliphatic imine (C=N–C) groups is 1. The second-order valence-corrected chi connectivity index (χ2v) is 7.52. The average molecular weight is 502 g/mol. The number of hydrogen-bond acceptors (Lipinski definition) is 3. The monoisotopic (exact) mass is 502 g/mol. The van der Waals surface area contributed by atoms with E-state index in [0.29, 0.717) is 25.5 Å². The van der Waals surface area contributed by atoms with Crippen molar-refractivity contribution < 1.29 is 9.90 Å². The van der Waals surface area contributed by atoms with E-state index in [4.69, 9.17) is 4.99 Å². The van der Waals surface area contributed by atoms with Crippen molar-refractivity contribution in [2.45, 2.75) is 45.1 Å². The number of aliphatic hydroxyl groups is 1. The van der Waals surface area contributed by atoms with Crippen molar-refractivity contribution in [3.05, 3.63) is 35.9 Å². The quantitative estimate of drug-likeness (QED) is 0.290. The summed E-state index contributed by atoms with van der Waals surface area (Å²) in [6, 6.07) is 9.67. The van der Waals surface area contributed by atoms with Crippen LogP contribution in [0.5, 0.6) is 0 Å². The molecule has 2 rings (SSSR count). The van der Waals surface area contributed by atoms with Crippen LogP contribution in [0.1, 0.15) is 50.7 Å². The first-order chi connectivity index (χ1) is 13.0. The molecule has 1 atom stereocenters. The van der Waals surface area contributed by atoms with E-state index in [0.717, 1.165) is 37.8 Å². The molecule has 1 unspecified atom stereocenters. The molecule has 0 radical (unpaired) electrons. The van der Waals surface area contributed by atoms with Crippen molar-refractivity contribution in [2.75, 3.05) is 33.7 Å². The maximum absolute atomic E-state index is 12.7. The molecule has 0 heterocycles. The molecular weight excluding hydrogens is 467 g/mol. The van der Waals surface area contributed by atoms with Crippen molar-refractivity contribution in [3.63, 3.8) is 0 Å². The van der Waals surface area contributed by atoms with Gasteiger partial charge in [0.1, 0.15) is 0 Å². The van der Waals surface area contributed by atoms with E-state index in [1.807, 2.05) is 51.4 Å². The lowest BCUT2D eigenvalue weighted by Crippen LogP contribution is -2.43. The van der Waals surface area contributed by atoms with Crippen molar-refractivity contribution >= 4 is 35.8 Å². The van der Waals surface area contributed by atoms with Gasteiger partial charge in [0.2, 0.25) is 5.91 Å². The fourth-order valence-corrected chi connectivity index (χ4v) is 3.71. The smallest absolute Gasteiger partial charge is 0.230 e. The van der Waals surface area contributed by atoms with E-state index in [9.17, 15) is 9.90 Å². The fourth-order valence-electron chi connectivity index (χ4n) is 3.71. The molecule has 1 fully saturated rings. The van der Waals surface area contributed by atoms with Gasteiger partial charge >= 0.3 is 0 Å². The van der Waals surface area contributed by atoms with Gasteiger partial charge in [0.25, 0.3) is 0 Å².